The van der Waals surface area contributed by atoms with Crippen LogP contribution >= 0.6 is 0 Å². The molecule has 7 nitrogen and oxygen atoms in total. The Hall–Kier alpha value is -2.15. The summed E-state index contributed by atoms with van der Waals surface area (Å²) in [6.07, 6.45) is 0. The maximum atomic E-state index is 11.2. The molecule has 18 heavy (non-hydrogen) atoms. The lowest BCUT2D eigenvalue weighted by atomic mass is 10.1. The van der Waals surface area contributed by atoms with E-state index in [1.807, 2.05) is 0 Å². The Morgan fingerprint density at radius 3 is 2.83 bits per heavy atom. The van der Waals surface area contributed by atoms with Gasteiger partial charge in [0, 0.05) is 18.2 Å². The molecule has 7 heteroatoms. The first-order valence-corrected chi connectivity index (χ1v) is 5.23. The molecule has 0 heterocycles. The second kappa shape index (κ2) is 5.97. The van der Waals surface area contributed by atoms with Crippen LogP contribution in [0.5, 0.6) is 5.75 Å². The van der Waals surface area contributed by atoms with Crippen molar-refractivity contribution in [1.29, 1.82) is 0 Å². The Kier molecular flexibility index (Phi) is 4.61. The summed E-state index contributed by atoms with van der Waals surface area (Å²) in [5, 5.41) is 22.9. The third kappa shape index (κ3) is 3.42. The van der Waals surface area contributed by atoms with Gasteiger partial charge in [0.1, 0.15) is 11.8 Å². The van der Waals surface area contributed by atoms with Crippen LogP contribution in [0.4, 0.5) is 5.69 Å². The van der Waals surface area contributed by atoms with Gasteiger partial charge in [-0.2, -0.15) is 0 Å². The van der Waals surface area contributed by atoms with E-state index in [9.17, 15) is 20.0 Å². The average molecular weight is 254 g/mol. The first-order valence-electron chi connectivity index (χ1n) is 5.23. The molecule has 98 valence electrons. The second-order valence-corrected chi connectivity index (χ2v) is 3.70. The van der Waals surface area contributed by atoms with Gasteiger partial charge in [-0.1, -0.05) is 0 Å². The van der Waals surface area contributed by atoms with Crippen LogP contribution in [0.3, 0.4) is 0 Å². The summed E-state index contributed by atoms with van der Waals surface area (Å²) in [6, 6.07) is 3.16. The first-order chi connectivity index (χ1) is 8.45. The van der Waals surface area contributed by atoms with Crippen molar-refractivity contribution < 1.29 is 19.6 Å². The zero-order chi connectivity index (χ0) is 13.7. The number of carbonyl (C=O) groups is 1. The third-order valence-corrected chi connectivity index (χ3v) is 2.41. The molecule has 0 aromatic heterocycles. The highest BCUT2D eigenvalue weighted by atomic mass is 16.6. The van der Waals surface area contributed by atoms with Gasteiger partial charge in [-0.25, -0.2) is 0 Å². The number of hydrogen-bond acceptors (Lipinski definition) is 6. The predicted octanol–water partition coefficient (Wildman–Crippen LogP) is 0.951. The van der Waals surface area contributed by atoms with Gasteiger partial charge in [0.15, 0.2) is 0 Å². The number of methoxy groups -OCH3 is 1. The number of ether oxygens (including phenoxy) is 1. The molecular formula is C11H14N2O5. The largest absolute Gasteiger partial charge is 0.508 e. The van der Waals surface area contributed by atoms with E-state index >= 15 is 0 Å². The van der Waals surface area contributed by atoms with Crippen LogP contribution in [-0.4, -0.2) is 29.2 Å². The Balaban J connectivity index is 2.80. The van der Waals surface area contributed by atoms with Gasteiger partial charge >= 0.3 is 5.97 Å². The Morgan fingerprint density at radius 2 is 2.28 bits per heavy atom. The second-order valence-electron chi connectivity index (χ2n) is 3.70. The standard InChI is InChI=1S/C11H14N2O5/c1-7(11(15)18-2)12-6-8-5-9(14)3-4-10(8)13(16)17/h3-5,7,12,14H,6H2,1-2H3/t7-/m0/s1. The molecule has 0 saturated carbocycles. The van der Waals surface area contributed by atoms with E-state index in [-0.39, 0.29) is 18.0 Å². The minimum atomic E-state index is -0.586. The third-order valence-electron chi connectivity index (χ3n) is 2.41. The molecule has 0 aliphatic heterocycles. The molecule has 1 aromatic carbocycles. The highest BCUT2D eigenvalue weighted by Gasteiger charge is 2.17. The Morgan fingerprint density at radius 1 is 1.61 bits per heavy atom. The van der Waals surface area contributed by atoms with Crippen LogP contribution < -0.4 is 5.32 Å². The van der Waals surface area contributed by atoms with Crippen molar-refractivity contribution in [2.45, 2.75) is 19.5 Å². The van der Waals surface area contributed by atoms with Gasteiger partial charge in [0.05, 0.1) is 12.0 Å². The summed E-state index contributed by atoms with van der Waals surface area (Å²) in [7, 11) is 1.26. The zero-order valence-corrected chi connectivity index (χ0v) is 10.0. The Bertz CT molecular complexity index is 461. The number of nitro benzene ring substituents is 1. The lowest BCUT2D eigenvalue weighted by Gasteiger charge is -2.11. The van der Waals surface area contributed by atoms with Gasteiger partial charge in [-0.05, 0) is 19.1 Å². The van der Waals surface area contributed by atoms with E-state index in [0.29, 0.717) is 5.56 Å². The topological polar surface area (TPSA) is 102 Å². The number of hydrogen-bond donors (Lipinski definition) is 2. The Labute approximate surface area is 104 Å². The van der Waals surface area contributed by atoms with Crippen molar-refractivity contribution in [2.24, 2.45) is 0 Å². The lowest BCUT2D eigenvalue weighted by molar-refractivity contribution is -0.385. The molecular weight excluding hydrogens is 240 g/mol. The fourth-order valence-corrected chi connectivity index (χ4v) is 1.41. The highest BCUT2D eigenvalue weighted by molar-refractivity contribution is 5.75. The van der Waals surface area contributed by atoms with Crippen LogP contribution in [0.15, 0.2) is 18.2 Å². The molecule has 0 unspecified atom stereocenters. The van der Waals surface area contributed by atoms with Gasteiger partial charge < -0.3 is 15.2 Å². The summed E-state index contributed by atoms with van der Waals surface area (Å²) in [5.41, 5.74) is 0.188. The van der Waals surface area contributed by atoms with Crippen molar-refractivity contribution in [3.63, 3.8) is 0 Å². The fraction of sp³-hybridized carbons (Fsp3) is 0.364. The van der Waals surface area contributed by atoms with Crippen LogP contribution in [0, 0.1) is 10.1 Å². The molecule has 0 fully saturated rings. The first kappa shape index (κ1) is 13.9. The van der Waals surface area contributed by atoms with E-state index in [0.717, 1.165) is 0 Å². The molecule has 1 atom stereocenters. The minimum absolute atomic E-state index is 0.0666. The number of aromatic hydroxyl groups is 1. The maximum absolute atomic E-state index is 11.2. The van der Waals surface area contributed by atoms with Crippen LogP contribution in [0.1, 0.15) is 12.5 Å². The van der Waals surface area contributed by atoms with Crippen molar-refractivity contribution >= 4 is 11.7 Å². The summed E-state index contributed by atoms with van der Waals surface area (Å²) >= 11 is 0. The minimum Gasteiger partial charge on any atom is -0.508 e. The number of benzene rings is 1. The molecule has 1 aromatic rings. The molecule has 0 saturated heterocycles. The molecule has 0 aliphatic rings. The van der Waals surface area contributed by atoms with Crippen molar-refractivity contribution in [3.05, 3.63) is 33.9 Å². The maximum Gasteiger partial charge on any atom is 0.322 e. The van der Waals surface area contributed by atoms with E-state index in [4.69, 9.17) is 0 Å². The van der Waals surface area contributed by atoms with Crippen LogP contribution in [-0.2, 0) is 16.1 Å². The fourth-order valence-electron chi connectivity index (χ4n) is 1.41. The summed E-state index contributed by atoms with van der Waals surface area (Å²) in [5.74, 6) is -0.527. The van der Waals surface area contributed by atoms with Gasteiger partial charge in [0.25, 0.3) is 5.69 Å². The van der Waals surface area contributed by atoms with Crippen molar-refractivity contribution in [2.75, 3.05) is 7.11 Å². The molecule has 2 N–H and O–H groups in total. The average Bonchev–Trinajstić information content (AvgIpc) is 2.34. The zero-order valence-electron chi connectivity index (χ0n) is 10.0. The number of carbonyl (C=O) groups excluding carboxylic acids is 1. The predicted molar refractivity (Wildman–Crippen MR) is 63.1 cm³/mol. The van der Waals surface area contributed by atoms with E-state index in [2.05, 4.69) is 10.1 Å². The number of nitro groups is 1. The van der Waals surface area contributed by atoms with Crippen LogP contribution in [0.25, 0.3) is 0 Å². The number of nitrogens with zero attached hydrogens (tertiary/aromatic N) is 1. The molecule has 0 amide bonds. The monoisotopic (exact) mass is 254 g/mol. The number of nitrogens with one attached hydrogen (secondary N) is 1. The molecule has 0 bridgehead atoms. The SMILES string of the molecule is COC(=O)[C@H](C)NCc1cc(O)ccc1[N+](=O)[O-]. The van der Waals surface area contributed by atoms with Gasteiger partial charge in [-0.15, -0.1) is 0 Å². The smallest absolute Gasteiger partial charge is 0.322 e. The quantitative estimate of drug-likeness (QED) is 0.461. The van der Waals surface area contributed by atoms with E-state index in [1.165, 1.54) is 25.3 Å². The molecule has 0 radical (unpaired) electrons. The molecule has 0 aliphatic carbocycles. The van der Waals surface area contributed by atoms with Crippen molar-refractivity contribution in [3.8, 4) is 5.75 Å². The summed E-state index contributed by atoms with van der Waals surface area (Å²) < 4.78 is 4.52. The molecule has 1 rings (SSSR count). The van der Waals surface area contributed by atoms with Gasteiger partial charge in [0.2, 0.25) is 0 Å². The normalized spacial score (nSPS) is 11.9. The summed E-state index contributed by atoms with van der Waals surface area (Å²) in [6.45, 7) is 1.67. The van der Waals surface area contributed by atoms with E-state index < -0.39 is 16.9 Å². The number of rotatable bonds is 5. The highest BCUT2D eigenvalue weighted by Crippen LogP contribution is 2.23. The number of esters is 1. The van der Waals surface area contributed by atoms with Crippen LogP contribution in [0.2, 0.25) is 0 Å². The lowest BCUT2D eigenvalue weighted by Crippen LogP contribution is -2.34. The van der Waals surface area contributed by atoms with Crippen molar-refractivity contribution in [1.82, 2.24) is 5.32 Å². The molecule has 0 spiro atoms. The number of phenolic OH excluding ortho intramolecular Hbond substituents is 1. The number of phenols is 1. The van der Waals surface area contributed by atoms with E-state index in [1.54, 1.807) is 6.92 Å². The van der Waals surface area contributed by atoms with Gasteiger partial charge in [-0.3, -0.25) is 14.9 Å². The summed E-state index contributed by atoms with van der Waals surface area (Å²) in [4.78, 5) is 21.4.